The molecule has 7 heteroatoms. The first-order valence-corrected chi connectivity index (χ1v) is 8.50. The summed E-state index contributed by atoms with van der Waals surface area (Å²) in [5.74, 6) is 2.20. The van der Waals surface area contributed by atoms with Crippen LogP contribution in [0.1, 0.15) is 38.2 Å². The maximum Gasteiger partial charge on any atom is 0.255 e. The van der Waals surface area contributed by atoms with Crippen molar-refractivity contribution in [1.82, 2.24) is 10.1 Å². The summed E-state index contributed by atoms with van der Waals surface area (Å²) in [6.45, 7) is 3.25. The Balaban J connectivity index is 1.65. The Morgan fingerprint density at radius 1 is 1.20 bits per heavy atom. The molecule has 2 atom stereocenters. The third-order valence-corrected chi connectivity index (χ3v) is 4.24. The van der Waals surface area contributed by atoms with Crippen molar-refractivity contribution in [2.24, 2.45) is 0 Å². The molecule has 1 aliphatic heterocycles. The number of aromatic nitrogens is 2. The normalized spacial score (nSPS) is 18.8. The summed E-state index contributed by atoms with van der Waals surface area (Å²) < 4.78 is 27.4. The maximum atomic E-state index is 5.83. The van der Waals surface area contributed by atoms with Gasteiger partial charge in [0.1, 0.15) is 6.10 Å². The molecule has 25 heavy (non-hydrogen) atoms. The highest BCUT2D eigenvalue weighted by atomic mass is 16.6. The molecule has 2 aromatic rings. The lowest BCUT2D eigenvalue weighted by Crippen LogP contribution is -2.25. The van der Waals surface area contributed by atoms with E-state index in [9.17, 15) is 0 Å². The summed E-state index contributed by atoms with van der Waals surface area (Å²) >= 11 is 0. The molecule has 7 nitrogen and oxygen atoms in total. The summed E-state index contributed by atoms with van der Waals surface area (Å²) in [7, 11) is 3.19. The third kappa shape index (κ3) is 4.29. The highest BCUT2D eigenvalue weighted by Crippen LogP contribution is 2.31. The first kappa shape index (κ1) is 17.7. The average Bonchev–Trinajstić information content (AvgIpc) is 3.16. The van der Waals surface area contributed by atoms with Crippen molar-refractivity contribution in [2.75, 3.05) is 27.4 Å². The van der Waals surface area contributed by atoms with Gasteiger partial charge in [0.05, 0.1) is 26.9 Å². The molecule has 1 fully saturated rings. The van der Waals surface area contributed by atoms with E-state index in [1.54, 1.807) is 14.2 Å². The number of benzene rings is 1. The lowest BCUT2D eigenvalue weighted by Gasteiger charge is -2.23. The Morgan fingerprint density at radius 2 is 2.04 bits per heavy atom. The van der Waals surface area contributed by atoms with E-state index in [0.717, 1.165) is 25.0 Å². The van der Waals surface area contributed by atoms with Gasteiger partial charge in [-0.3, -0.25) is 0 Å². The molecular weight excluding hydrogens is 324 g/mol. The van der Waals surface area contributed by atoms with Gasteiger partial charge in [-0.1, -0.05) is 5.16 Å². The highest BCUT2D eigenvalue weighted by Gasteiger charge is 2.20. The smallest absolute Gasteiger partial charge is 0.255 e. The van der Waals surface area contributed by atoms with Gasteiger partial charge in [0.25, 0.3) is 5.89 Å². The van der Waals surface area contributed by atoms with E-state index in [-0.39, 0.29) is 12.2 Å². The van der Waals surface area contributed by atoms with Gasteiger partial charge in [0, 0.05) is 12.2 Å². The number of hydrogen-bond donors (Lipinski definition) is 0. The van der Waals surface area contributed by atoms with Crippen LogP contribution in [0.25, 0.3) is 11.4 Å². The topological polar surface area (TPSA) is 75.8 Å². The van der Waals surface area contributed by atoms with E-state index in [2.05, 4.69) is 10.1 Å². The standard InChI is InChI=1S/C18H24N2O5/c1-12(24-11-14-6-4-5-9-23-14)18-19-17(20-25-18)13-7-8-15(21-2)16(10-13)22-3/h7-8,10,12,14H,4-6,9,11H2,1-3H3/t12-,14-/m0/s1. The Labute approximate surface area is 147 Å². The molecule has 0 saturated carbocycles. The maximum absolute atomic E-state index is 5.83. The number of methoxy groups -OCH3 is 2. The van der Waals surface area contributed by atoms with Gasteiger partial charge in [-0.25, -0.2) is 0 Å². The molecule has 0 aliphatic carbocycles. The lowest BCUT2D eigenvalue weighted by molar-refractivity contribution is -0.0656. The van der Waals surface area contributed by atoms with Gasteiger partial charge in [0.15, 0.2) is 11.5 Å². The van der Waals surface area contributed by atoms with Gasteiger partial charge in [-0.05, 0) is 44.4 Å². The molecule has 0 unspecified atom stereocenters. The second kappa shape index (κ2) is 8.31. The zero-order valence-electron chi connectivity index (χ0n) is 14.9. The van der Waals surface area contributed by atoms with Crippen molar-refractivity contribution in [3.05, 3.63) is 24.1 Å². The summed E-state index contributed by atoms with van der Waals surface area (Å²) in [6, 6.07) is 5.48. The lowest BCUT2D eigenvalue weighted by atomic mass is 10.1. The Hall–Kier alpha value is -2.12. The molecule has 1 aromatic carbocycles. The van der Waals surface area contributed by atoms with Crippen molar-refractivity contribution < 1.29 is 23.5 Å². The predicted molar refractivity (Wildman–Crippen MR) is 90.8 cm³/mol. The van der Waals surface area contributed by atoms with Crippen LogP contribution in [0.15, 0.2) is 22.7 Å². The monoisotopic (exact) mass is 348 g/mol. The van der Waals surface area contributed by atoms with E-state index < -0.39 is 0 Å². The minimum absolute atomic E-state index is 0.157. The molecule has 0 bridgehead atoms. The fourth-order valence-corrected chi connectivity index (χ4v) is 2.75. The summed E-state index contributed by atoms with van der Waals surface area (Å²) in [5, 5.41) is 4.04. The Morgan fingerprint density at radius 3 is 2.76 bits per heavy atom. The fraction of sp³-hybridized carbons (Fsp3) is 0.556. The molecule has 1 aliphatic rings. The molecule has 0 spiro atoms. The van der Waals surface area contributed by atoms with Crippen LogP contribution in [0, 0.1) is 0 Å². The van der Waals surface area contributed by atoms with Crippen molar-refractivity contribution in [3.8, 4) is 22.9 Å². The zero-order valence-corrected chi connectivity index (χ0v) is 14.9. The first-order valence-electron chi connectivity index (χ1n) is 8.50. The van der Waals surface area contributed by atoms with E-state index in [0.29, 0.717) is 29.8 Å². The molecule has 0 radical (unpaired) electrons. The van der Waals surface area contributed by atoms with Crippen molar-refractivity contribution in [3.63, 3.8) is 0 Å². The molecule has 1 saturated heterocycles. The van der Waals surface area contributed by atoms with Crippen LogP contribution in [-0.4, -0.2) is 43.7 Å². The molecule has 136 valence electrons. The SMILES string of the molecule is COc1ccc(-c2noc([C@H](C)OC[C@@H]3CCCCO3)n2)cc1OC. The quantitative estimate of drug-likeness (QED) is 0.759. The number of hydrogen-bond acceptors (Lipinski definition) is 7. The van der Waals surface area contributed by atoms with E-state index in [1.165, 1.54) is 6.42 Å². The van der Waals surface area contributed by atoms with Gasteiger partial charge in [-0.2, -0.15) is 4.98 Å². The van der Waals surface area contributed by atoms with E-state index in [4.69, 9.17) is 23.5 Å². The van der Waals surface area contributed by atoms with Crippen LogP contribution in [0.2, 0.25) is 0 Å². The van der Waals surface area contributed by atoms with Crippen LogP contribution in [0.4, 0.5) is 0 Å². The fourth-order valence-electron chi connectivity index (χ4n) is 2.75. The highest BCUT2D eigenvalue weighted by molar-refractivity contribution is 5.60. The van der Waals surface area contributed by atoms with Crippen LogP contribution < -0.4 is 9.47 Å². The van der Waals surface area contributed by atoms with Crippen LogP contribution in [-0.2, 0) is 9.47 Å². The van der Waals surface area contributed by atoms with Crippen LogP contribution >= 0.6 is 0 Å². The van der Waals surface area contributed by atoms with Crippen molar-refractivity contribution >= 4 is 0 Å². The molecular formula is C18H24N2O5. The van der Waals surface area contributed by atoms with E-state index in [1.807, 2.05) is 25.1 Å². The molecule has 2 heterocycles. The molecule has 0 N–H and O–H groups in total. The molecule has 3 rings (SSSR count). The zero-order chi connectivity index (χ0) is 17.6. The average molecular weight is 348 g/mol. The van der Waals surface area contributed by atoms with E-state index >= 15 is 0 Å². The molecule has 0 amide bonds. The Bertz CT molecular complexity index is 682. The largest absolute Gasteiger partial charge is 0.493 e. The second-order valence-corrected chi connectivity index (χ2v) is 5.99. The summed E-state index contributed by atoms with van der Waals surface area (Å²) in [4.78, 5) is 4.44. The minimum Gasteiger partial charge on any atom is -0.493 e. The molecule has 1 aromatic heterocycles. The second-order valence-electron chi connectivity index (χ2n) is 5.99. The summed E-state index contributed by atoms with van der Waals surface area (Å²) in [5.41, 5.74) is 0.787. The van der Waals surface area contributed by atoms with Gasteiger partial charge >= 0.3 is 0 Å². The minimum atomic E-state index is -0.285. The predicted octanol–water partition coefficient (Wildman–Crippen LogP) is 3.40. The Kier molecular flexibility index (Phi) is 5.88. The number of ether oxygens (including phenoxy) is 4. The van der Waals surface area contributed by atoms with Crippen molar-refractivity contribution in [1.29, 1.82) is 0 Å². The summed E-state index contributed by atoms with van der Waals surface area (Å²) in [6.07, 6.45) is 3.22. The van der Waals surface area contributed by atoms with Gasteiger partial charge in [0.2, 0.25) is 5.82 Å². The van der Waals surface area contributed by atoms with Crippen LogP contribution in [0.5, 0.6) is 11.5 Å². The van der Waals surface area contributed by atoms with Crippen LogP contribution in [0.3, 0.4) is 0 Å². The van der Waals surface area contributed by atoms with Gasteiger partial charge < -0.3 is 23.5 Å². The number of rotatable bonds is 7. The third-order valence-electron chi connectivity index (χ3n) is 4.24. The van der Waals surface area contributed by atoms with Gasteiger partial charge in [-0.15, -0.1) is 0 Å². The first-order chi connectivity index (χ1) is 12.2. The number of nitrogens with zero attached hydrogens (tertiary/aromatic N) is 2. The van der Waals surface area contributed by atoms with Crippen molar-refractivity contribution in [2.45, 2.75) is 38.4 Å².